The van der Waals surface area contributed by atoms with Gasteiger partial charge in [0.25, 0.3) is 0 Å². The predicted octanol–water partition coefficient (Wildman–Crippen LogP) is 1.82. The van der Waals surface area contributed by atoms with Crippen molar-refractivity contribution in [2.45, 2.75) is 25.0 Å². The van der Waals surface area contributed by atoms with Gasteiger partial charge in [-0.2, -0.15) is 0 Å². The Morgan fingerprint density at radius 1 is 1.30 bits per heavy atom. The van der Waals surface area contributed by atoms with Gasteiger partial charge in [0.05, 0.1) is 18.7 Å². The van der Waals surface area contributed by atoms with Crippen molar-refractivity contribution in [3.8, 4) is 0 Å². The van der Waals surface area contributed by atoms with Crippen LogP contribution in [0.15, 0.2) is 23.2 Å². The Kier molecular flexibility index (Phi) is 3.56. The van der Waals surface area contributed by atoms with Crippen LogP contribution in [0.25, 0.3) is 0 Å². The standard InChI is InChI=1S/C14H17F2N3O/c15-10-4-9(5-11(16)6-10)13-7-18-14(17)19(13)8-12-2-1-3-20-12/h4-6,12-13H,1-3,7-8H2,(H2,17,18). The highest BCUT2D eigenvalue weighted by Crippen LogP contribution is 2.28. The molecule has 20 heavy (non-hydrogen) atoms. The highest BCUT2D eigenvalue weighted by molar-refractivity contribution is 5.80. The fourth-order valence-electron chi connectivity index (χ4n) is 2.81. The van der Waals surface area contributed by atoms with Crippen LogP contribution in [0.4, 0.5) is 8.78 Å². The van der Waals surface area contributed by atoms with Gasteiger partial charge in [0.2, 0.25) is 0 Å². The third-order valence-electron chi connectivity index (χ3n) is 3.79. The summed E-state index contributed by atoms with van der Waals surface area (Å²) in [5, 5.41) is 0. The number of nitrogens with two attached hydrogens (primary N) is 1. The second-order valence-corrected chi connectivity index (χ2v) is 5.20. The molecule has 0 bridgehead atoms. The average molecular weight is 281 g/mol. The monoisotopic (exact) mass is 281 g/mol. The highest BCUT2D eigenvalue weighted by Gasteiger charge is 2.31. The van der Waals surface area contributed by atoms with E-state index >= 15 is 0 Å². The molecule has 6 heteroatoms. The maximum absolute atomic E-state index is 13.4. The molecule has 2 heterocycles. The molecule has 2 N–H and O–H groups in total. The maximum Gasteiger partial charge on any atom is 0.192 e. The molecule has 4 nitrogen and oxygen atoms in total. The number of guanidine groups is 1. The van der Waals surface area contributed by atoms with E-state index in [1.165, 1.54) is 12.1 Å². The predicted molar refractivity (Wildman–Crippen MR) is 71.3 cm³/mol. The van der Waals surface area contributed by atoms with Gasteiger partial charge in [-0.05, 0) is 30.5 Å². The molecule has 1 aromatic rings. The molecular weight excluding hydrogens is 264 g/mol. The average Bonchev–Trinajstić information content (AvgIpc) is 3.00. The summed E-state index contributed by atoms with van der Waals surface area (Å²) in [4.78, 5) is 6.08. The number of halogens is 2. The Morgan fingerprint density at radius 3 is 2.70 bits per heavy atom. The van der Waals surface area contributed by atoms with Gasteiger partial charge < -0.3 is 15.4 Å². The summed E-state index contributed by atoms with van der Waals surface area (Å²) in [5.41, 5.74) is 6.45. The van der Waals surface area contributed by atoms with E-state index in [1.807, 2.05) is 4.90 Å². The van der Waals surface area contributed by atoms with Crippen molar-refractivity contribution in [2.75, 3.05) is 19.7 Å². The Morgan fingerprint density at radius 2 is 2.05 bits per heavy atom. The van der Waals surface area contributed by atoms with E-state index in [-0.39, 0.29) is 12.1 Å². The zero-order valence-electron chi connectivity index (χ0n) is 11.1. The highest BCUT2D eigenvalue weighted by atomic mass is 19.1. The molecule has 0 radical (unpaired) electrons. The lowest BCUT2D eigenvalue weighted by atomic mass is 10.1. The molecule has 2 aliphatic heterocycles. The molecule has 0 aromatic heterocycles. The summed E-state index contributed by atoms with van der Waals surface area (Å²) in [6.45, 7) is 1.79. The van der Waals surface area contributed by atoms with Gasteiger partial charge in [-0.25, -0.2) is 8.78 Å². The molecular formula is C14H17F2N3O. The van der Waals surface area contributed by atoms with Crippen molar-refractivity contribution in [1.29, 1.82) is 0 Å². The number of aliphatic imine (C=N–C) groups is 1. The van der Waals surface area contributed by atoms with Gasteiger partial charge in [0, 0.05) is 19.2 Å². The first-order chi connectivity index (χ1) is 9.63. The number of hydrogen-bond donors (Lipinski definition) is 1. The molecule has 0 amide bonds. The third-order valence-corrected chi connectivity index (χ3v) is 3.79. The number of ether oxygens (including phenoxy) is 1. The summed E-state index contributed by atoms with van der Waals surface area (Å²) in [6, 6.07) is 3.33. The quantitative estimate of drug-likeness (QED) is 0.919. The number of hydrogen-bond acceptors (Lipinski definition) is 4. The van der Waals surface area contributed by atoms with E-state index < -0.39 is 11.6 Å². The first-order valence-electron chi connectivity index (χ1n) is 6.77. The lowest BCUT2D eigenvalue weighted by molar-refractivity contribution is 0.0852. The molecule has 0 spiro atoms. The Balaban J connectivity index is 1.80. The van der Waals surface area contributed by atoms with Gasteiger partial charge in [0.15, 0.2) is 5.96 Å². The third kappa shape index (κ3) is 2.60. The minimum absolute atomic E-state index is 0.114. The van der Waals surface area contributed by atoms with Crippen LogP contribution >= 0.6 is 0 Å². The van der Waals surface area contributed by atoms with Crippen molar-refractivity contribution in [2.24, 2.45) is 10.7 Å². The zero-order valence-corrected chi connectivity index (χ0v) is 11.1. The van der Waals surface area contributed by atoms with Gasteiger partial charge in [-0.15, -0.1) is 0 Å². The van der Waals surface area contributed by atoms with Gasteiger partial charge in [-0.3, -0.25) is 4.99 Å². The zero-order chi connectivity index (χ0) is 14.1. The lowest BCUT2D eigenvalue weighted by Crippen LogP contribution is -2.41. The molecule has 1 fully saturated rings. The van der Waals surface area contributed by atoms with E-state index in [0.717, 1.165) is 25.5 Å². The van der Waals surface area contributed by atoms with E-state index in [0.29, 0.717) is 24.6 Å². The molecule has 2 aliphatic rings. The van der Waals surface area contributed by atoms with E-state index in [1.54, 1.807) is 0 Å². The second kappa shape index (κ2) is 5.36. The smallest absolute Gasteiger partial charge is 0.192 e. The minimum Gasteiger partial charge on any atom is -0.376 e. The van der Waals surface area contributed by atoms with Crippen molar-refractivity contribution in [1.82, 2.24) is 4.90 Å². The lowest BCUT2D eigenvalue weighted by Gasteiger charge is -2.28. The van der Waals surface area contributed by atoms with Crippen LogP contribution in [0, 0.1) is 11.6 Å². The fourth-order valence-corrected chi connectivity index (χ4v) is 2.81. The number of rotatable bonds is 3. The van der Waals surface area contributed by atoms with Crippen LogP contribution in [-0.2, 0) is 4.74 Å². The van der Waals surface area contributed by atoms with Gasteiger partial charge in [0.1, 0.15) is 11.6 Å². The Labute approximate surface area is 116 Å². The van der Waals surface area contributed by atoms with Crippen LogP contribution < -0.4 is 5.73 Å². The first-order valence-corrected chi connectivity index (χ1v) is 6.77. The molecule has 3 rings (SSSR count). The van der Waals surface area contributed by atoms with Crippen LogP contribution in [0.5, 0.6) is 0 Å². The Hall–Kier alpha value is -1.69. The van der Waals surface area contributed by atoms with Crippen LogP contribution in [0.1, 0.15) is 24.4 Å². The van der Waals surface area contributed by atoms with E-state index in [4.69, 9.17) is 10.5 Å². The largest absolute Gasteiger partial charge is 0.376 e. The summed E-state index contributed by atoms with van der Waals surface area (Å²) in [6.07, 6.45) is 2.13. The Bertz CT molecular complexity index is 509. The number of nitrogens with zero attached hydrogens (tertiary/aromatic N) is 2. The number of benzene rings is 1. The normalized spacial score (nSPS) is 26.1. The molecule has 108 valence electrons. The van der Waals surface area contributed by atoms with Crippen molar-refractivity contribution in [3.05, 3.63) is 35.4 Å². The first kappa shape index (κ1) is 13.3. The summed E-state index contributed by atoms with van der Waals surface area (Å²) < 4.78 is 32.3. The summed E-state index contributed by atoms with van der Waals surface area (Å²) in [5.74, 6) is -0.750. The van der Waals surface area contributed by atoms with Crippen molar-refractivity contribution in [3.63, 3.8) is 0 Å². The van der Waals surface area contributed by atoms with E-state index in [9.17, 15) is 8.78 Å². The van der Waals surface area contributed by atoms with Gasteiger partial charge in [-0.1, -0.05) is 0 Å². The molecule has 0 saturated carbocycles. The van der Waals surface area contributed by atoms with Crippen LogP contribution in [0.3, 0.4) is 0 Å². The van der Waals surface area contributed by atoms with E-state index in [2.05, 4.69) is 4.99 Å². The van der Waals surface area contributed by atoms with Crippen LogP contribution in [0.2, 0.25) is 0 Å². The topological polar surface area (TPSA) is 50.8 Å². The molecule has 2 unspecified atom stereocenters. The molecule has 1 aromatic carbocycles. The maximum atomic E-state index is 13.4. The van der Waals surface area contributed by atoms with Crippen LogP contribution in [-0.4, -0.2) is 36.7 Å². The minimum atomic E-state index is -0.581. The van der Waals surface area contributed by atoms with Crippen molar-refractivity contribution >= 4 is 5.96 Å². The molecule has 1 saturated heterocycles. The van der Waals surface area contributed by atoms with Gasteiger partial charge >= 0.3 is 0 Å². The molecule has 0 aliphatic carbocycles. The summed E-state index contributed by atoms with van der Waals surface area (Å²) in [7, 11) is 0. The fraction of sp³-hybridized carbons (Fsp3) is 0.500. The second-order valence-electron chi connectivity index (χ2n) is 5.20. The summed E-state index contributed by atoms with van der Waals surface area (Å²) >= 11 is 0. The molecule has 2 atom stereocenters. The SMILES string of the molecule is NC1=NCC(c2cc(F)cc(F)c2)N1CC1CCCO1. The van der Waals surface area contributed by atoms with Crippen molar-refractivity contribution < 1.29 is 13.5 Å².